The van der Waals surface area contributed by atoms with Gasteiger partial charge in [-0.05, 0) is 6.26 Å². The number of carboxylic acid groups (broad SMARTS) is 1. The van der Waals surface area contributed by atoms with E-state index in [1.807, 2.05) is 5.10 Å². The summed E-state index contributed by atoms with van der Waals surface area (Å²) >= 11 is 0.923. The molecule has 0 radical (unpaired) electrons. The Morgan fingerprint density at radius 2 is 2.06 bits per heavy atom. The number of hydrogen-bond donors (Lipinski definition) is 3. The molecule has 0 saturated carbocycles. The number of amides is 1. The molecule has 1 amide bonds. The first-order valence-corrected chi connectivity index (χ1v) is 5.23. The van der Waals surface area contributed by atoms with E-state index in [-0.39, 0.29) is 5.03 Å². The first kappa shape index (κ1) is 13.4. The van der Waals surface area contributed by atoms with Gasteiger partial charge in [0.1, 0.15) is 16.4 Å². The van der Waals surface area contributed by atoms with Crippen LogP contribution in [0, 0.1) is 0 Å². The summed E-state index contributed by atoms with van der Waals surface area (Å²) in [5.41, 5.74) is -0.505. The lowest BCUT2D eigenvalue weighted by Crippen LogP contribution is -2.30. The van der Waals surface area contributed by atoms with Gasteiger partial charge in [-0.1, -0.05) is 0 Å². The van der Waals surface area contributed by atoms with Gasteiger partial charge < -0.3 is 10.4 Å². The topological polar surface area (TPSA) is 95.1 Å². The number of carbonyl (C=O) groups excluding carboxylic acids is 1. The van der Waals surface area contributed by atoms with Crippen molar-refractivity contribution in [2.45, 2.75) is 11.2 Å². The normalized spacial score (nSPS) is 11.3. The van der Waals surface area contributed by atoms with Gasteiger partial charge in [0.05, 0.1) is 0 Å². The number of aromatic nitrogens is 2. The molecule has 0 aromatic carbocycles. The van der Waals surface area contributed by atoms with Gasteiger partial charge in [-0.15, -0.1) is 11.8 Å². The number of aromatic amines is 1. The molecule has 1 aromatic heterocycles. The number of carbonyl (C=O) groups is 2. The summed E-state index contributed by atoms with van der Waals surface area (Å²) in [6.07, 6.45) is -3.60. The Bertz CT molecular complexity index is 457. The van der Waals surface area contributed by atoms with E-state index in [2.05, 4.69) is 5.10 Å². The minimum absolute atomic E-state index is 0.0185. The molecule has 0 aliphatic heterocycles. The maximum absolute atomic E-state index is 12.0. The van der Waals surface area contributed by atoms with Crippen molar-refractivity contribution in [3.05, 3.63) is 5.56 Å². The van der Waals surface area contributed by atoms with E-state index in [0.717, 1.165) is 11.8 Å². The summed E-state index contributed by atoms with van der Waals surface area (Å²) in [7, 11) is 0. The molecule has 17 heavy (non-hydrogen) atoms. The fourth-order valence-electron chi connectivity index (χ4n) is 0.946. The molecular weight excluding hydrogens is 263 g/mol. The number of alkyl halides is 3. The second kappa shape index (κ2) is 4.65. The first-order valence-electron chi connectivity index (χ1n) is 4.01. The first-order chi connectivity index (χ1) is 7.77. The van der Waals surface area contributed by atoms with Crippen LogP contribution >= 0.6 is 11.8 Å². The minimum atomic E-state index is -5.10. The molecule has 0 atom stereocenters. The highest BCUT2D eigenvalue weighted by Crippen LogP contribution is 2.25. The molecule has 0 spiro atoms. The molecule has 0 aliphatic carbocycles. The van der Waals surface area contributed by atoms with Crippen LogP contribution in [0.5, 0.6) is 0 Å². The van der Waals surface area contributed by atoms with E-state index in [1.165, 1.54) is 11.6 Å². The lowest BCUT2D eigenvalue weighted by atomic mass is 10.3. The number of carboxylic acids is 1. The molecule has 0 unspecified atom stereocenters. The zero-order valence-electron chi connectivity index (χ0n) is 8.25. The second-order valence-corrected chi connectivity index (χ2v) is 3.53. The van der Waals surface area contributed by atoms with E-state index >= 15 is 0 Å². The average molecular weight is 269 g/mol. The smallest absolute Gasteiger partial charge is 0.471 e. The molecule has 1 aromatic rings. The van der Waals surface area contributed by atoms with Gasteiger partial charge in [-0.25, -0.2) is 4.79 Å². The third-order valence-electron chi connectivity index (χ3n) is 1.64. The van der Waals surface area contributed by atoms with Crippen molar-refractivity contribution < 1.29 is 27.9 Å². The Morgan fingerprint density at radius 3 is 2.47 bits per heavy atom. The van der Waals surface area contributed by atoms with E-state index in [4.69, 9.17) is 5.11 Å². The maximum atomic E-state index is 12.0. The molecule has 3 N–H and O–H groups in total. The summed E-state index contributed by atoms with van der Waals surface area (Å²) in [5.74, 6) is -4.35. The quantitative estimate of drug-likeness (QED) is 0.719. The number of nitrogens with zero attached hydrogens (tertiary/aromatic N) is 1. The fourth-order valence-corrected chi connectivity index (χ4v) is 1.48. The van der Waals surface area contributed by atoms with Crippen LogP contribution in [0.1, 0.15) is 10.4 Å². The van der Waals surface area contributed by atoms with Gasteiger partial charge in [0.2, 0.25) is 0 Å². The molecule has 0 fully saturated rings. The zero-order valence-corrected chi connectivity index (χ0v) is 9.07. The molecule has 10 heteroatoms. The van der Waals surface area contributed by atoms with Crippen LogP contribution in [0.3, 0.4) is 0 Å². The molecule has 1 rings (SSSR count). The van der Waals surface area contributed by atoms with Crippen LogP contribution in [-0.2, 0) is 4.79 Å². The molecule has 6 nitrogen and oxygen atoms in total. The number of thioether (sulfide) groups is 1. The van der Waals surface area contributed by atoms with Crippen molar-refractivity contribution in [3.8, 4) is 0 Å². The van der Waals surface area contributed by atoms with Crippen LogP contribution in [0.15, 0.2) is 5.03 Å². The monoisotopic (exact) mass is 269 g/mol. The number of anilines is 1. The van der Waals surface area contributed by atoms with Crippen molar-refractivity contribution in [3.63, 3.8) is 0 Å². The summed E-state index contributed by atoms with van der Waals surface area (Å²) in [4.78, 5) is 21.4. The van der Waals surface area contributed by atoms with E-state index in [0.29, 0.717) is 0 Å². The van der Waals surface area contributed by atoms with E-state index in [1.54, 1.807) is 0 Å². The van der Waals surface area contributed by atoms with E-state index in [9.17, 15) is 22.8 Å². The highest BCUT2D eigenvalue weighted by molar-refractivity contribution is 7.98. The van der Waals surface area contributed by atoms with Crippen LogP contribution in [0.2, 0.25) is 0 Å². The Balaban J connectivity index is 3.04. The molecule has 0 bridgehead atoms. The maximum Gasteiger partial charge on any atom is 0.471 e. The predicted octanol–water partition coefficient (Wildman–Crippen LogP) is 1.33. The number of H-pyrrole nitrogens is 1. The summed E-state index contributed by atoms with van der Waals surface area (Å²) in [5, 5.41) is 15.7. The molecule has 0 saturated heterocycles. The third-order valence-corrected chi connectivity index (χ3v) is 2.32. The Labute approximate surface area is 96.6 Å². The second-order valence-electron chi connectivity index (χ2n) is 2.74. The van der Waals surface area contributed by atoms with Crippen LogP contribution in [-0.4, -0.2) is 39.6 Å². The predicted molar refractivity (Wildman–Crippen MR) is 52.0 cm³/mol. The number of rotatable bonds is 3. The average Bonchev–Trinajstić information content (AvgIpc) is 2.59. The van der Waals surface area contributed by atoms with Gasteiger partial charge in [0.25, 0.3) is 0 Å². The largest absolute Gasteiger partial charge is 0.477 e. The van der Waals surface area contributed by atoms with Crippen LogP contribution in [0.4, 0.5) is 19.0 Å². The number of halogens is 3. The highest BCUT2D eigenvalue weighted by atomic mass is 32.2. The van der Waals surface area contributed by atoms with E-state index < -0.39 is 29.4 Å². The summed E-state index contributed by atoms with van der Waals surface area (Å²) < 4.78 is 35.9. The van der Waals surface area contributed by atoms with Gasteiger partial charge in [0, 0.05) is 0 Å². The lowest BCUT2D eigenvalue weighted by molar-refractivity contribution is -0.167. The highest BCUT2D eigenvalue weighted by Gasteiger charge is 2.39. The van der Waals surface area contributed by atoms with Crippen molar-refractivity contribution in [2.75, 3.05) is 11.6 Å². The van der Waals surface area contributed by atoms with Gasteiger partial charge in [-0.2, -0.15) is 18.3 Å². The van der Waals surface area contributed by atoms with Gasteiger partial charge in [0.15, 0.2) is 0 Å². The van der Waals surface area contributed by atoms with Crippen molar-refractivity contribution in [2.24, 2.45) is 0 Å². The summed E-state index contributed by atoms with van der Waals surface area (Å²) in [6.45, 7) is 0. The molecule has 94 valence electrons. The fraction of sp³-hybridized carbons (Fsp3) is 0.286. The third kappa shape index (κ3) is 2.90. The molecular formula is C7H6F3N3O3S. The number of nitrogens with one attached hydrogen (secondary N) is 2. The molecule has 1 heterocycles. The van der Waals surface area contributed by atoms with Crippen molar-refractivity contribution >= 4 is 29.5 Å². The Hall–Kier alpha value is -1.71. The zero-order chi connectivity index (χ0) is 13.2. The van der Waals surface area contributed by atoms with Crippen LogP contribution in [0.25, 0.3) is 0 Å². The van der Waals surface area contributed by atoms with Crippen LogP contribution < -0.4 is 5.32 Å². The van der Waals surface area contributed by atoms with Crippen molar-refractivity contribution in [1.82, 2.24) is 10.2 Å². The Morgan fingerprint density at radius 1 is 1.47 bits per heavy atom. The van der Waals surface area contributed by atoms with Crippen molar-refractivity contribution in [1.29, 1.82) is 0 Å². The lowest BCUT2D eigenvalue weighted by Gasteiger charge is -2.06. The molecule has 0 aliphatic rings. The standard InChI is InChI=1S/C7H6F3N3O3S/c1-17-4-2(5(14)15)3(12-13-4)11-6(16)7(8,9)10/h1H3,(H,14,15)(H2,11,12,13,16). The number of hydrogen-bond acceptors (Lipinski definition) is 4. The number of aromatic carboxylic acids is 1. The van der Waals surface area contributed by atoms with Gasteiger partial charge in [-0.3, -0.25) is 9.89 Å². The Kier molecular flexibility index (Phi) is 3.66. The minimum Gasteiger partial charge on any atom is -0.477 e. The SMILES string of the molecule is CSc1n[nH]c(NC(=O)C(F)(F)F)c1C(=O)O. The van der Waals surface area contributed by atoms with Gasteiger partial charge >= 0.3 is 18.1 Å². The summed E-state index contributed by atoms with van der Waals surface area (Å²) in [6, 6.07) is 0.